The molecule has 0 amide bonds. The van der Waals surface area contributed by atoms with E-state index in [1.165, 1.54) is 0 Å². The summed E-state index contributed by atoms with van der Waals surface area (Å²) in [5.74, 6) is 0.977. The second kappa shape index (κ2) is 6.79. The van der Waals surface area contributed by atoms with E-state index in [0.29, 0.717) is 12.1 Å². The molecular formula is C19H17N5O2. The summed E-state index contributed by atoms with van der Waals surface area (Å²) in [7, 11) is 0. The van der Waals surface area contributed by atoms with E-state index < -0.39 is 0 Å². The monoisotopic (exact) mass is 347 g/mol. The first-order valence-electron chi connectivity index (χ1n) is 8.28. The van der Waals surface area contributed by atoms with Crippen LogP contribution >= 0.6 is 0 Å². The molecule has 0 spiro atoms. The number of rotatable bonds is 3. The second-order valence-electron chi connectivity index (χ2n) is 5.98. The standard InChI is InChI=1S/C19H17N5O2/c1-12-18(25)20-19(23-21-12)24-22-15-11-17(13-7-3-2-4-8-13)26-16-10-6-5-9-14(15)16/h2-10,17H,11H2,1H3,(H2,20,23,24,25)/t17-/m0/s1. The van der Waals surface area contributed by atoms with Crippen LogP contribution in [0, 0.1) is 6.92 Å². The Morgan fingerprint density at radius 3 is 2.69 bits per heavy atom. The van der Waals surface area contributed by atoms with E-state index >= 15 is 0 Å². The van der Waals surface area contributed by atoms with Crippen LogP contribution in [0.2, 0.25) is 0 Å². The number of fused-ring (bicyclic) bond motifs is 1. The van der Waals surface area contributed by atoms with Crippen molar-refractivity contribution in [3.05, 3.63) is 81.8 Å². The van der Waals surface area contributed by atoms with E-state index in [-0.39, 0.29) is 17.6 Å². The van der Waals surface area contributed by atoms with Crippen LogP contribution in [0.3, 0.4) is 0 Å². The average molecular weight is 347 g/mol. The first-order valence-corrected chi connectivity index (χ1v) is 8.28. The molecule has 0 aliphatic carbocycles. The van der Waals surface area contributed by atoms with Gasteiger partial charge in [-0.1, -0.05) is 42.5 Å². The lowest BCUT2D eigenvalue weighted by atomic mass is 9.96. The lowest BCUT2D eigenvalue weighted by molar-refractivity contribution is 0.206. The molecule has 3 aromatic rings. The Morgan fingerprint density at radius 2 is 1.88 bits per heavy atom. The number of hydrogen-bond donors (Lipinski definition) is 2. The summed E-state index contributed by atoms with van der Waals surface area (Å²) in [6.45, 7) is 1.60. The number of nitrogens with one attached hydrogen (secondary N) is 2. The van der Waals surface area contributed by atoms with Crippen molar-refractivity contribution in [2.45, 2.75) is 19.4 Å². The highest BCUT2D eigenvalue weighted by molar-refractivity contribution is 6.04. The summed E-state index contributed by atoms with van der Waals surface area (Å²) < 4.78 is 6.14. The number of aryl methyl sites for hydroxylation is 1. The minimum Gasteiger partial charge on any atom is -0.485 e. The third kappa shape index (κ3) is 3.19. The van der Waals surface area contributed by atoms with Crippen LogP contribution in [-0.2, 0) is 0 Å². The Balaban J connectivity index is 1.66. The van der Waals surface area contributed by atoms with Crippen molar-refractivity contribution >= 4 is 11.7 Å². The molecule has 0 saturated carbocycles. The predicted molar refractivity (Wildman–Crippen MR) is 98.4 cm³/mol. The molecule has 1 aromatic heterocycles. The summed E-state index contributed by atoms with van der Waals surface area (Å²) in [4.78, 5) is 14.3. The zero-order chi connectivity index (χ0) is 17.9. The van der Waals surface area contributed by atoms with E-state index in [0.717, 1.165) is 22.6 Å². The van der Waals surface area contributed by atoms with Crippen molar-refractivity contribution in [2.24, 2.45) is 5.10 Å². The van der Waals surface area contributed by atoms with Gasteiger partial charge in [0.15, 0.2) is 0 Å². The highest BCUT2D eigenvalue weighted by Crippen LogP contribution is 2.35. The van der Waals surface area contributed by atoms with Crippen LogP contribution in [0.4, 0.5) is 5.95 Å². The SMILES string of the molecule is Cc1nnc(NN=C2C[C@@H](c3ccccc3)Oc3ccccc32)[nH]c1=O. The van der Waals surface area contributed by atoms with Crippen molar-refractivity contribution < 1.29 is 4.74 Å². The quantitative estimate of drug-likeness (QED) is 0.711. The largest absolute Gasteiger partial charge is 0.485 e. The average Bonchev–Trinajstić information content (AvgIpc) is 2.69. The smallest absolute Gasteiger partial charge is 0.274 e. The van der Waals surface area contributed by atoms with Crippen LogP contribution in [0.1, 0.15) is 29.3 Å². The minimum absolute atomic E-state index is 0.130. The molecule has 26 heavy (non-hydrogen) atoms. The molecule has 2 heterocycles. The van der Waals surface area contributed by atoms with Crippen LogP contribution in [0.25, 0.3) is 0 Å². The Kier molecular flexibility index (Phi) is 4.18. The van der Waals surface area contributed by atoms with Gasteiger partial charge in [-0.05, 0) is 24.6 Å². The number of ether oxygens (including phenoxy) is 1. The maximum Gasteiger partial charge on any atom is 0.274 e. The van der Waals surface area contributed by atoms with Gasteiger partial charge in [0.1, 0.15) is 17.5 Å². The Bertz CT molecular complexity index is 1010. The van der Waals surface area contributed by atoms with Crippen molar-refractivity contribution in [3.63, 3.8) is 0 Å². The maximum atomic E-state index is 11.7. The normalized spacial score (nSPS) is 17.4. The molecule has 1 atom stereocenters. The summed E-state index contributed by atoms with van der Waals surface area (Å²) in [6, 6.07) is 17.8. The molecule has 0 unspecified atom stereocenters. The fraction of sp³-hybridized carbons (Fsp3) is 0.158. The van der Waals surface area contributed by atoms with Gasteiger partial charge in [0.2, 0.25) is 5.95 Å². The van der Waals surface area contributed by atoms with Gasteiger partial charge in [0.05, 0.1) is 5.71 Å². The summed E-state index contributed by atoms with van der Waals surface area (Å²) in [5.41, 5.74) is 5.63. The van der Waals surface area contributed by atoms with Gasteiger partial charge in [-0.3, -0.25) is 9.78 Å². The van der Waals surface area contributed by atoms with E-state index in [1.54, 1.807) is 6.92 Å². The minimum atomic E-state index is -0.294. The van der Waals surface area contributed by atoms with E-state index in [9.17, 15) is 4.79 Å². The summed E-state index contributed by atoms with van der Waals surface area (Å²) in [5, 5.41) is 12.2. The Labute approximate surface area is 149 Å². The van der Waals surface area contributed by atoms with Crippen molar-refractivity contribution in [3.8, 4) is 5.75 Å². The number of anilines is 1. The molecule has 0 radical (unpaired) electrons. The molecule has 1 aliphatic rings. The molecule has 0 bridgehead atoms. The van der Waals surface area contributed by atoms with Gasteiger partial charge in [-0.2, -0.15) is 5.10 Å². The molecule has 1 aliphatic heterocycles. The predicted octanol–water partition coefficient (Wildman–Crippen LogP) is 2.81. The van der Waals surface area contributed by atoms with Gasteiger partial charge in [0, 0.05) is 12.0 Å². The number of H-pyrrole nitrogens is 1. The number of aromatic amines is 1. The van der Waals surface area contributed by atoms with Crippen molar-refractivity contribution in [2.75, 3.05) is 5.43 Å². The lowest BCUT2D eigenvalue weighted by Gasteiger charge is -2.27. The summed E-state index contributed by atoms with van der Waals surface area (Å²) in [6.07, 6.45) is 0.465. The number of hydrogen-bond acceptors (Lipinski definition) is 6. The highest BCUT2D eigenvalue weighted by atomic mass is 16.5. The molecule has 4 rings (SSSR count). The van der Waals surface area contributed by atoms with Gasteiger partial charge >= 0.3 is 0 Å². The number of hydrazone groups is 1. The van der Waals surface area contributed by atoms with Crippen LogP contribution in [0.5, 0.6) is 5.75 Å². The van der Waals surface area contributed by atoms with Crippen LogP contribution < -0.4 is 15.7 Å². The van der Waals surface area contributed by atoms with Crippen molar-refractivity contribution in [1.82, 2.24) is 15.2 Å². The van der Waals surface area contributed by atoms with E-state index in [1.807, 2.05) is 54.6 Å². The van der Waals surface area contributed by atoms with Gasteiger partial charge < -0.3 is 4.74 Å². The van der Waals surface area contributed by atoms with Crippen LogP contribution in [-0.4, -0.2) is 20.9 Å². The maximum absolute atomic E-state index is 11.7. The topological polar surface area (TPSA) is 92.3 Å². The first kappa shape index (κ1) is 16.0. The summed E-state index contributed by atoms with van der Waals surface area (Å²) >= 11 is 0. The number of nitrogens with zero attached hydrogens (tertiary/aromatic N) is 3. The Morgan fingerprint density at radius 1 is 1.12 bits per heavy atom. The zero-order valence-corrected chi connectivity index (χ0v) is 14.1. The second-order valence-corrected chi connectivity index (χ2v) is 5.98. The molecule has 2 aromatic carbocycles. The van der Waals surface area contributed by atoms with Gasteiger partial charge in [-0.15, -0.1) is 10.2 Å². The van der Waals surface area contributed by atoms with Gasteiger partial charge in [0.25, 0.3) is 5.56 Å². The molecule has 2 N–H and O–H groups in total. The molecular weight excluding hydrogens is 330 g/mol. The molecule has 7 nitrogen and oxygen atoms in total. The Hall–Kier alpha value is -3.48. The molecule has 0 saturated heterocycles. The highest BCUT2D eigenvalue weighted by Gasteiger charge is 2.26. The lowest BCUT2D eigenvalue weighted by Crippen LogP contribution is -2.22. The van der Waals surface area contributed by atoms with E-state index in [4.69, 9.17) is 4.74 Å². The van der Waals surface area contributed by atoms with Gasteiger partial charge in [-0.25, -0.2) is 5.43 Å². The number of benzene rings is 2. The van der Waals surface area contributed by atoms with E-state index in [2.05, 4.69) is 25.7 Å². The number of para-hydroxylation sites is 1. The fourth-order valence-electron chi connectivity index (χ4n) is 2.81. The number of aromatic nitrogens is 3. The molecule has 7 heteroatoms. The first-order chi connectivity index (χ1) is 12.7. The fourth-order valence-corrected chi connectivity index (χ4v) is 2.81. The van der Waals surface area contributed by atoms with Crippen LogP contribution in [0.15, 0.2) is 64.5 Å². The zero-order valence-electron chi connectivity index (χ0n) is 14.1. The third-order valence-electron chi connectivity index (χ3n) is 4.17. The molecule has 130 valence electrons. The molecule has 0 fully saturated rings. The van der Waals surface area contributed by atoms with Crippen molar-refractivity contribution in [1.29, 1.82) is 0 Å². The third-order valence-corrected chi connectivity index (χ3v) is 4.17.